The van der Waals surface area contributed by atoms with Crippen LogP contribution in [0, 0.1) is 5.92 Å². The van der Waals surface area contributed by atoms with Crippen molar-refractivity contribution in [2.75, 3.05) is 19.0 Å². The Labute approximate surface area is 219 Å². The van der Waals surface area contributed by atoms with Gasteiger partial charge in [-0.3, -0.25) is 9.59 Å². The van der Waals surface area contributed by atoms with Crippen molar-refractivity contribution >= 4 is 28.9 Å². The highest BCUT2D eigenvalue weighted by Crippen LogP contribution is 2.30. The minimum atomic E-state index is -0.442. The van der Waals surface area contributed by atoms with E-state index in [4.69, 9.17) is 21.1 Å². The molecule has 4 aromatic rings. The Hall–Kier alpha value is -4.30. The highest BCUT2D eigenvalue weighted by atomic mass is 35.5. The van der Waals surface area contributed by atoms with Gasteiger partial charge in [0.1, 0.15) is 11.5 Å². The Balaban J connectivity index is 1.71. The average Bonchev–Trinajstić information content (AvgIpc) is 2.90. The standard InChI is InChI=1S/C28H27ClN4O4/c1-18(2)16-30-27(34)19-5-4-6-21(15-19)32-26-25(37-24-13-11-23(36-3)12-14-24)17-31-33(28(26)35)22-9-7-20(29)8-10-22/h4-15,17-18,32H,16H2,1-3H3,(H,30,34). The van der Waals surface area contributed by atoms with Crippen molar-refractivity contribution in [2.24, 2.45) is 5.92 Å². The summed E-state index contributed by atoms with van der Waals surface area (Å²) in [5.74, 6) is 1.52. The predicted octanol–water partition coefficient (Wildman–Crippen LogP) is 5.82. The predicted molar refractivity (Wildman–Crippen MR) is 145 cm³/mol. The van der Waals surface area contributed by atoms with E-state index in [9.17, 15) is 9.59 Å². The molecule has 190 valence electrons. The van der Waals surface area contributed by atoms with Crippen molar-refractivity contribution < 1.29 is 14.3 Å². The number of carbonyl (C=O) groups excluding carboxylic acids is 1. The van der Waals surface area contributed by atoms with E-state index in [-0.39, 0.29) is 17.3 Å². The van der Waals surface area contributed by atoms with Crippen LogP contribution in [-0.4, -0.2) is 29.3 Å². The maximum Gasteiger partial charge on any atom is 0.299 e. The van der Waals surface area contributed by atoms with E-state index >= 15 is 0 Å². The van der Waals surface area contributed by atoms with Crippen molar-refractivity contribution in [3.05, 3.63) is 99.9 Å². The van der Waals surface area contributed by atoms with Crippen LogP contribution in [-0.2, 0) is 0 Å². The minimum absolute atomic E-state index is 0.153. The summed E-state index contributed by atoms with van der Waals surface area (Å²) in [6.07, 6.45) is 1.46. The third kappa shape index (κ3) is 6.48. The molecule has 2 N–H and O–H groups in total. The molecule has 0 aliphatic rings. The SMILES string of the molecule is COc1ccc(Oc2cnn(-c3ccc(Cl)cc3)c(=O)c2Nc2cccc(C(=O)NCC(C)C)c2)cc1. The van der Waals surface area contributed by atoms with Gasteiger partial charge in [-0.25, -0.2) is 0 Å². The summed E-state index contributed by atoms with van der Waals surface area (Å²) in [5, 5.41) is 10.9. The molecule has 0 saturated carbocycles. The molecule has 37 heavy (non-hydrogen) atoms. The summed E-state index contributed by atoms with van der Waals surface area (Å²) in [6.45, 7) is 4.61. The second-order valence-electron chi connectivity index (χ2n) is 8.66. The van der Waals surface area contributed by atoms with Crippen LogP contribution >= 0.6 is 11.6 Å². The third-order valence-electron chi connectivity index (χ3n) is 5.37. The lowest BCUT2D eigenvalue weighted by molar-refractivity contribution is 0.0949. The number of carbonyl (C=O) groups is 1. The Kier molecular flexibility index (Phi) is 8.10. The largest absolute Gasteiger partial charge is 0.497 e. The maximum atomic E-state index is 13.6. The van der Waals surface area contributed by atoms with E-state index in [1.807, 2.05) is 13.8 Å². The second kappa shape index (κ2) is 11.6. The lowest BCUT2D eigenvalue weighted by Gasteiger charge is -2.15. The van der Waals surface area contributed by atoms with E-state index in [1.54, 1.807) is 79.9 Å². The Morgan fingerprint density at radius 3 is 2.41 bits per heavy atom. The summed E-state index contributed by atoms with van der Waals surface area (Å²) in [5.41, 5.74) is 1.26. The van der Waals surface area contributed by atoms with Crippen LogP contribution in [0.1, 0.15) is 24.2 Å². The number of hydrogen-bond donors (Lipinski definition) is 2. The number of nitrogens with zero attached hydrogens (tertiary/aromatic N) is 2. The van der Waals surface area contributed by atoms with Gasteiger partial charge in [-0.05, 0) is 72.6 Å². The van der Waals surface area contributed by atoms with E-state index in [1.165, 1.54) is 10.9 Å². The van der Waals surface area contributed by atoms with Crippen LogP contribution in [0.4, 0.5) is 11.4 Å². The zero-order chi connectivity index (χ0) is 26.4. The lowest BCUT2D eigenvalue weighted by atomic mass is 10.1. The molecular weight excluding hydrogens is 492 g/mol. The molecule has 0 spiro atoms. The maximum absolute atomic E-state index is 13.6. The Bertz CT molecular complexity index is 1430. The van der Waals surface area contributed by atoms with Gasteiger partial charge in [0.2, 0.25) is 0 Å². The molecule has 0 radical (unpaired) electrons. The summed E-state index contributed by atoms with van der Waals surface area (Å²) < 4.78 is 12.5. The number of anilines is 2. The van der Waals surface area contributed by atoms with Gasteiger partial charge in [0.15, 0.2) is 11.4 Å². The first-order valence-corrected chi connectivity index (χ1v) is 12.1. The summed E-state index contributed by atoms with van der Waals surface area (Å²) in [7, 11) is 1.58. The molecule has 8 nitrogen and oxygen atoms in total. The summed E-state index contributed by atoms with van der Waals surface area (Å²) >= 11 is 6.01. The number of hydrogen-bond acceptors (Lipinski definition) is 6. The van der Waals surface area contributed by atoms with Gasteiger partial charge < -0.3 is 20.1 Å². The normalized spacial score (nSPS) is 10.7. The highest BCUT2D eigenvalue weighted by molar-refractivity contribution is 6.30. The number of halogens is 1. The molecular formula is C28H27ClN4O4. The van der Waals surface area contributed by atoms with Gasteiger partial charge >= 0.3 is 0 Å². The molecule has 0 atom stereocenters. The fraction of sp³-hybridized carbons (Fsp3) is 0.179. The zero-order valence-electron chi connectivity index (χ0n) is 20.7. The molecule has 0 unspecified atom stereocenters. The monoisotopic (exact) mass is 518 g/mol. The summed E-state index contributed by atoms with van der Waals surface area (Å²) in [6, 6.07) is 20.6. The average molecular weight is 519 g/mol. The van der Waals surface area contributed by atoms with E-state index in [0.29, 0.717) is 45.9 Å². The Morgan fingerprint density at radius 2 is 1.73 bits per heavy atom. The van der Waals surface area contributed by atoms with Crippen LogP contribution in [0.5, 0.6) is 17.2 Å². The number of aromatic nitrogens is 2. The zero-order valence-corrected chi connectivity index (χ0v) is 21.5. The van der Waals surface area contributed by atoms with Crippen molar-refractivity contribution in [3.8, 4) is 22.9 Å². The fourth-order valence-corrected chi connectivity index (χ4v) is 3.58. The number of methoxy groups -OCH3 is 1. The van der Waals surface area contributed by atoms with Crippen molar-refractivity contribution in [1.29, 1.82) is 0 Å². The first-order chi connectivity index (χ1) is 17.8. The smallest absolute Gasteiger partial charge is 0.299 e. The molecule has 0 bridgehead atoms. The quantitative estimate of drug-likeness (QED) is 0.290. The van der Waals surface area contributed by atoms with Gasteiger partial charge in [-0.15, -0.1) is 0 Å². The molecule has 1 amide bonds. The van der Waals surface area contributed by atoms with Gasteiger partial charge in [-0.2, -0.15) is 9.78 Å². The minimum Gasteiger partial charge on any atom is -0.497 e. The molecule has 3 aromatic carbocycles. The van der Waals surface area contributed by atoms with E-state index in [0.717, 1.165) is 0 Å². The number of amides is 1. The first-order valence-electron chi connectivity index (χ1n) is 11.7. The molecule has 1 aromatic heterocycles. The number of ether oxygens (including phenoxy) is 2. The van der Waals surface area contributed by atoms with Crippen molar-refractivity contribution in [1.82, 2.24) is 15.1 Å². The third-order valence-corrected chi connectivity index (χ3v) is 5.62. The summed E-state index contributed by atoms with van der Waals surface area (Å²) in [4.78, 5) is 26.2. The lowest BCUT2D eigenvalue weighted by Crippen LogP contribution is -2.27. The molecule has 9 heteroatoms. The van der Waals surface area contributed by atoms with Crippen LogP contribution < -0.4 is 25.7 Å². The fourth-order valence-electron chi connectivity index (χ4n) is 3.45. The van der Waals surface area contributed by atoms with Crippen LogP contribution in [0.2, 0.25) is 5.02 Å². The van der Waals surface area contributed by atoms with E-state index in [2.05, 4.69) is 15.7 Å². The Morgan fingerprint density at radius 1 is 1.03 bits per heavy atom. The number of benzene rings is 3. The van der Waals surface area contributed by atoms with Gasteiger partial charge in [0, 0.05) is 22.8 Å². The molecule has 0 aliphatic carbocycles. The number of rotatable bonds is 9. The van der Waals surface area contributed by atoms with Gasteiger partial charge in [0.05, 0.1) is 19.0 Å². The second-order valence-corrected chi connectivity index (χ2v) is 9.10. The topological polar surface area (TPSA) is 94.5 Å². The molecule has 0 saturated heterocycles. The molecule has 0 fully saturated rings. The van der Waals surface area contributed by atoms with Gasteiger partial charge in [-0.1, -0.05) is 31.5 Å². The highest BCUT2D eigenvalue weighted by Gasteiger charge is 2.16. The molecule has 4 rings (SSSR count). The molecule has 0 aliphatic heterocycles. The van der Waals surface area contributed by atoms with Crippen LogP contribution in [0.3, 0.4) is 0 Å². The van der Waals surface area contributed by atoms with Gasteiger partial charge in [0.25, 0.3) is 11.5 Å². The van der Waals surface area contributed by atoms with Crippen molar-refractivity contribution in [2.45, 2.75) is 13.8 Å². The van der Waals surface area contributed by atoms with Crippen LogP contribution in [0.15, 0.2) is 83.8 Å². The number of nitrogens with one attached hydrogen (secondary N) is 2. The first kappa shape index (κ1) is 25.8. The van der Waals surface area contributed by atoms with Crippen LogP contribution in [0.25, 0.3) is 5.69 Å². The van der Waals surface area contributed by atoms with E-state index < -0.39 is 5.56 Å². The molecule has 1 heterocycles. The van der Waals surface area contributed by atoms with Crippen molar-refractivity contribution in [3.63, 3.8) is 0 Å².